The maximum absolute atomic E-state index is 11.0. The quantitative estimate of drug-likeness (QED) is 0.748. The van der Waals surface area contributed by atoms with E-state index in [4.69, 9.17) is 4.74 Å². The number of anilines is 1. The van der Waals surface area contributed by atoms with Gasteiger partial charge in [0.1, 0.15) is 18.5 Å². The van der Waals surface area contributed by atoms with E-state index in [0.29, 0.717) is 18.0 Å². The minimum absolute atomic E-state index is 0.0395. The van der Waals surface area contributed by atoms with Gasteiger partial charge in [-0.05, 0) is 45.0 Å². The minimum Gasteiger partial charge on any atom is -0.491 e. The van der Waals surface area contributed by atoms with Gasteiger partial charge in [0.25, 0.3) is 0 Å². The van der Waals surface area contributed by atoms with Crippen molar-refractivity contribution >= 4 is 11.8 Å². The van der Waals surface area contributed by atoms with Gasteiger partial charge in [-0.2, -0.15) is 0 Å². The fourth-order valence-electron chi connectivity index (χ4n) is 1.48. The van der Waals surface area contributed by atoms with Crippen molar-refractivity contribution in [3.63, 3.8) is 0 Å². The Hall–Kier alpha value is -1.79. The van der Waals surface area contributed by atoms with E-state index in [-0.39, 0.29) is 12.1 Å². The smallest absolute Gasteiger partial charge is 0.411 e. The van der Waals surface area contributed by atoms with Gasteiger partial charge in [-0.25, -0.2) is 4.79 Å². The molecule has 21 heavy (non-hydrogen) atoms. The van der Waals surface area contributed by atoms with Crippen LogP contribution in [-0.4, -0.2) is 43.1 Å². The molecule has 0 aliphatic carbocycles. The van der Waals surface area contributed by atoms with E-state index in [1.54, 1.807) is 24.3 Å². The zero-order chi connectivity index (χ0) is 15.9. The molecule has 1 amide bonds. The van der Waals surface area contributed by atoms with Crippen LogP contribution in [0.3, 0.4) is 0 Å². The van der Waals surface area contributed by atoms with Crippen molar-refractivity contribution in [1.82, 2.24) is 5.32 Å². The molecule has 118 valence electrons. The van der Waals surface area contributed by atoms with Crippen LogP contribution in [0.2, 0.25) is 0 Å². The average Bonchev–Trinajstić information content (AvgIpc) is 2.43. The normalized spacial score (nSPS) is 12.6. The third kappa shape index (κ3) is 7.53. The highest BCUT2D eigenvalue weighted by molar-refractivity contribution is 5.84. The van der Waals surface area contributed by atoms with Crippen molar-refractivity contribution in [1.29, 1.82) is 0 Å². The van der Waals surface area contributed by atoms with Gasteiger partial charge in [0.05, 0.1) is 7.11 Å². The number of ether oxygens (including phenoxy) is 2. The van der Waals surface area contributed by atoms with Gasteiger partial charge < -0.3 is 19.9 Å². The molecule has 0 spiro atoms. The summed E-state index contributed by atoms with van der Waals surface area (Å²) in [4.78, 5) is 11.0. The van der Waals surface area contributed by atoms with Crippen molar-refractivity contribution in [2.45, 2.75) is 32.4 Å². The molecule has 1 atom stereocenters. The molecule has 0 radical (unpaired) electrons. The topological polar surface area (TPSA) is 79.8 Å². The number of carbonyl (C=O) groups excluding carboxylic acids is 1. The van der Waals surface area contributed by atoms with Crippen molar-refractivity contribution < 1.29 is 19.4 Å². The van der Waals surface area contributed by atoms with E-state index in [1.807, 2.05) is 20.8 Å². The largest absolute Gasteiger partial charge is 0.491 e. The first-order valence-corrected chi connectivity index (χ1v) is 6.81. The number of hydrogen-bond donors (Lipinski definition) is 3. The molecular weight excluding hydrogens is 272 g/mol. The van der Waals surface area contributed by atoms with Crippen LogP contribution >= 0.6 is 0 Å². The van der Waals surface area contributed by atoms with Crippen LogP contribution in [0.15, 0.2) is 24.3 Å². The highest BCUT2D eigenvalue weighted by Crippen LogP contribution is 2.16. The summed E-state index contributed by atoms with van der Waals surface area (Å²) in [6, 6.07) is 6.84. The van der Waals surface area contributed by atoms with E-state index in [2.05, 4.69) is 15.4 Å². The van der Waals surface area contributed by atoms with Crippen LogP contribution in [0.25, 0.3) is 0 Å². The fraction of sp³-hybridized carbons (Fsp3) is 0.533. The molecular formula is C15H24N2O4. The number of methoxy groups -OCH3 is 1. The SMILES string of the molecule is COC(=O)Nc1ccc(OCC(O)CNC(C)(C)C)cc1. The summed E-state index contributed by atoms with van der Waals surface area (Å²) in [5, 5.41) is 15.6. The number of benzene rings is 1. The van der Waals surface area contributed by atoms with Gasteiger partial charge in [-0.3, -0.25) is 5.32 Å². The molecule has 0 aliphatic heterocycles. The monoisotopic (exact) mass is 296 g/mol. The van der Waals surface area contributed by atoms with Gasteiger partial charge in [-0.15, -0.1) is 0 Å². The van der Waals surface area contributed by atoms with Crippen LogP contribution < -0.4 is 15.4 Å². The number of rotatable bonds is 6. The molecule has 0 saturated heterocycles. The number of nitrogens with one attached hydrogen (secondary N) is 2. The Morgan fingerprint density at radius 1 is 1.29 bits per heavy atom. The third-order valence-corrected chi connectivity index (χ3v) is 2.60. The van der Waals surface area contributed by atoms with Crippen LogP contribution in [0.4, 0.5) is 10.5 Å². The van der Waals surface area contributed by atoms with Crippen LogP contribution in [0.1, 0.15) is 20.8 Å². The molecule has 1 aromatic carbocycles. The Balaban J connectivity index is 2.37. The molecule has 3 N–H and O–H groups in total. The number of β-amino-alcohol motifs (C(OH)–C–C–N with tert-alkyl or cyclic N) is 1. The highest BCUT2D eigenvalue weighted by Gasteiger charge is 2.12. The predicted molar refractivity (Wildman–Crippen MR) is 81.7 cm³/mol. The first-order valence-electron chi connectivity index (χ1n) is 6.81. The predicted octanol–water partition coefficient (Wildman–Crippen LogP) is 1.99. The summed E-state index contributed by atoms with van der Waals surface area (Å²) in [5.74, 6) is 0.625. The molecule has 0 aliphatic rings. The molecule has 6 heteroatoms. The lowest BCUT2D eigenvalue weighted by Gasteiger charge is -2.23. The molecule has 1 unspecified atom stereocenters. The molecule has 1 aromatic rings. The molecule has 0 saturated carbocycles. The lowest BCUT2D eigenvalue weighted by molar-refractivity contribution is 0.100. The minimum atomic E-state index is -0.586. The molecule has 0 heterocycles. The lowest BCUT2D eigenvalue weighted by Crippen LogP contribution is -2.42. The van der Waals surface area contributed by atoms with Crippen molar-refractivity contribution in [3.05, 3.63) is 24.3 Å². The summed E-state index contributed by atoms with van der Waals surface area (Å²) in [6.45, 7) is 6.77. The summed E-state index contributed by atoms with van der Waals surface area (Å²) >= 11 is 0. The summed E-state index contributed by atoms with van der Waals surface area (Å²) in [5.41, 5.74) is 0.575. The Kier molecular flexibility index (Phi) is 6.45. The molecule has 1 rings (SSSR count). The Morgan fingerprint density at radius 2 is 1.90 bits per heavy atom. The van der Waals surface area contributed by atoms with Crippen LogP contribution in [-0.2, 0) is 4.74 Å². The zero-order valence-electron chi connectivity index (χ0n) is 13.0. The first-order chi connectivity index (χ1) is 9.80. The van der Waals surface area contributed by atoms with E-state index >= 15 is 0 Å². The van der Waals surface area contributed by atoms with Crippen molar-refractivity contribution in [2.75, 3.05) is 25.6 Å². The van der Waals surface area contributed by atoms with E-state index < -0.39 is 12.2 Å². The molecule has 0 aromatic heterocycles. The number of aliphatic hydroxyl groups is 1. The van der Waals surface area contributed by atoms with E-state index in [9.17, 15) is 9.90 Å². The fourth-order valence-corrected chi connectivity index (χ4v) is 1.48. The lowest BCUT2D eigenvalue weighted by atomic mass is 10.1. The number of hydrogen-bond acceptors (Lipinski definition) is 5. The van der Waals surface area contributed by atoms with Crippen molar-refractivity contribution in [3.8, 4) is 5.75 Å². The standard InChI is InChI=1S/C15H24N2O4/c1-15(2,3)16-9-12(18)10-21-13-7-5-11(6-8-13)17-14(19)20-4/h5-8,12,16,18H,9-10H2,1-4H3,(H,17,19). The number of amides is 1. The van der Waals surface area contributed by atoms with Crippen LogP contribution in [0.5, 0.6) is 5.75 Å². The van der Waals surface area contributed by atoms with Crippen molar-refractivity contribution in [2.24, 2.45) is 0 Å². The van der Waals surface area contributed by atoms with Gasteiger partial charge in [0.2, 0.25) is 0 Å². The van der Waals surface area contributed by atoms with Gasteiger partial charge in [0, 0.05) is 17.8 Å². The van der Waals surface area contributed by atoms with Gasteiger partial charge in [0.15, 0.2) is 0 Å². The van der Waals surface area contributed by atoms with Gasteiger partial charge in [-0.1, -0.05) is 0 Å². The molecule has 0 fully saturated rings. The second-order valence-electron chi connectivity index (χ2n) is 5.74. The Labute approximate surface area is 125 Å². The molecule has 0 bridgehead atoms. The van der Waals surface area contributed by atoms with Crippen LogP contribution in [0, 0.1) is 0 Å². The third-order valence-electron chi connectivity index (χ3n) is 2.60. The summed E-state index contributed by atoms with van der Waals surface area (Å²) in [7, 11) is 1.31. The Bertz CT molecular complexity index is 440. The summed E-state index contributed by atoms with van der Waals surface area (Å²) in [6.07, 6.45) is -1.11. The maximum atomic E-state index is 11.0. The second-order valence-corrected chi connectivity index (χ2v) is 5.74. The maximum Gasteiger partial charge on any atom is 0.411 e. The number of carbonyl (C=O) groups is 1. The highest BCUT2D eigenvalue weighted by atomic mass is 16.5. The van der Waals surface area contributed by atoms with Gasteiger partial charge >= 0.3 is 6.09 Å². The average molecular weight is 296 g/mol. The van der Waals surface area contributed by atoms with E-state index in [0.717, 1.165) is 0 Å². The number of aliphatic hydroxyl groups excluding tert-OH is 1. The Morgan fingerprint density at radius 3 is 2.43 bits per heavy atom. The molecule has 6 nitrogen and oxygen atoms in total. The summed E-state index contributed by atoms with van der Waals surface area (Å²) < 4.78 is 9.98. The van der Waals surface area contributed by atoms with E-state index in [1.165, 1.54) is 7.11 Å². The first kappa shape index (κ1) is 17.3. The zero-order valence-corrected chi connectivity index (χ0v) is 13.0. The second kappa shape index (κ2) is 7.85.